The quantitative estimate of drug-likeness (QED) is 0.848. The van der Waals surface area contributed by atoms with Gasteiger partial charge < -0.3 is 4.98 Å². The predicted molar refractivity (Wildman–Crippen MR) is 73.0 cm³/mol. The molecule has 0 amide bonds. The van der Waals surface area contributed by atoms with Gasteiger partial charge >= 0.3 is 4.87 Å². The second-order valence-corrected chi connectivity index (χ2v) is 8.24. The second-order valence-electron chi connectivity index (χ2n) is 5.12. The molecule has 2 fully saturated rings. The summed E-state index contributed by atoms with van der Waals surface area (Å²) in [4.78, 5) is 15.9. The molecule has 0 radical (unpaired) electrons. The van der Waals surface area contributed by atoms with Crippen molar-refractivity contribution in [2.75, 3.05) is 26.2 Å². The Morgan fingerprint density at radius 2 is 2.11 bits per heavy atom. The van der Waals surface area contributed by atoms with Gasteiger partial charge in [-0.3, -0.25) is 9.69 Å². The molecule has 2 aliphatic rings. The van der Waals surface area contributed by atoms with E-state index in [0.29, 0.717) is 24.8 Å². The Morgan fingerprint density at radius 1 is 1.32 bits per heavy atom. The van der Waals surface area contributed by atoms with Crippen molar-refractivity contribution in [3.05, 3.63) is 15.4 Å². The van der Waals surface area contributed by atoms with E-state index in [1.165, 1.54) is 4.31 Å². The second kappa shape index (κ2) is 4.69. The molecule has 2 aliphatic heterocycles. The largest absolute Gasteiger partial charge is 0.315 e. The standard InChI is InChI=1S/C11H17N3O3S2/c1-8-10(18-11(15)12-8)19(16,17)14-6-5-13-4-2-3-9(13)7-14/h9H,2-7H2,1H3,(H,12,15). The molecule has 0 aliphatic carbocycles. The van der Waals surface area contributed by atoms with Crippen LogP contribution in [0, 0.1) is 6.92 Å². The normalized spacial score (nSPS) is 25.6. The summed E-state index contributed by atoms with van der Waals surface area (Å²) in [5, 5.41) is 0. The minimum absolute atomic E-state index is 0.170. The highest BCUT2D eigenvalue weighted by Crippen LogP contribution is 2.27. The highest BCUT2D eigenvalue weighted by Gasteiger charge is 2.37. The molecule has 1 atom stereocenters. The van der Waals surface area contributed by atoms with Gasteiger partial charge in [-0.15, -0.1) is 0 Å². The number of fused-ring (bicyclic) bond motifs is 1. The highest BCUT2D eigenvalue weighted by atomic mass is 32.2. The van der Waals surface area contributed by atoms with E-state index in [1.54, 1.807) is 6.92 Å². The van der Waals surface area contributed by atoms with Crippen LogP contribution < -0.4 is 4.87 Å². The number of hydrogen-bond acceptors (Lipinski definition) is 5. The van der Waals surface area contributed by atoms with Crippen LogP contribution in [0.4, 0.5) is 0 Å². The summed E-state index contributed by atoms with van der Waals surface area (Å²) >= 11 is 0.786. The molecule has 8 heteroatoms. The van der Waals surface area contributed by atoms with Crippen LogP contribution in [0.5, 0.6) is 0 Å². The number of sulfonamides is 1. The molecule has 3 heterocycles. The van der Waals surface area contributed by atoms with Gasteiger partial charge in [-0.25, -0.2) is 8.42 Å². The van der Waals surface area contributed by atoms with Gasteiger partial charge in [0.15, 0.2) is 4.21 Å². The van der Waals surface area contributed by atoms with Crippen LogP contribution in [-0.4, -0.2) is 54.8 Å². The first-order valence-electron chi connectivity index (χ1n) is 6.42. The molecule has 19 heavy (non-hydrogen) atoms. The number of H-pyrrole nitrogens is 1. The summed E-state index contributed by atoms with van der Waals surface area (Å²) in [5.74, 6) is 0. The van der Waals surface area contributed by atoms with Crippen molar-refractivity contribution in [2.45, 2.75) is 30.0 Å². The third kappa shape index (κ3) is 2.26. The summed E-state index contributed by atoms with van der Waals surface area (Å²) in [5.41, 5.74) is 0.448. The fourth-order valence-electron chi connectivity index (χ4n) is 2.93. The van der Waals surface area contributed by atoms with E-state index in [2.05, 4.69) is 9.88 Å². The van der Waals surface area contributed by atoms with E-state index >= 15 is 0 Å². The highest BCUT2D eigenvalue weighted by molar-refractivity contribution is 7.91. The van der Waals surface area contributed by atoms with Gasteiger partial charge in [-0.2, -0.15) is 4.31 Å². The summed E-state index contributed by atoms with van der Waals surface area (Å²) in [6.07, 6.45) is 2.21. The topological polar surface area (TPSA) is 73.5 Å². The number of piperazine rings is 1. The van der Waals surface area contributed by atoms with E-state index in [9.17, 15) is 13.2 Å². The molecule has 2 saturated heterocycles. The average molecular weight is 303 g/mol. The number of hydrogen-bond donors (Lipinski definition) is 1. The number of aryl methyl sites for hydroxylation is 1. The lowest BCUT2D eigenvalue weighted by Gasteiger charge is -2.36. The zero-order valence-electron chi connectivity index (χ0n) is 10.8. The van der Waals surface area contributed by atoms with Gasteiger partial charge in [0.2, 0.25) is 0 Å². The van der Waals surface area contributed by atoms with Crippen molar-refractivity contribution in [1.82, 2.24) is 14.2 Å². The number of rotatable bonds is 2. The van der Waals surface area contributed by atoms with Gasteiger partial charge in [0.1, 0.15) is 0 Å². The summed E-state index contributed by atoms with van der Waals surface area (Å²) in [7, 11) is -3.52. The smallest absolute Gasteiger partial charge is 0.305 e. The van der Waals surface area contributed by atoms with Crippen molar-refractivity contribution >= 4 is 21.4 Å². The maximum absolute atomic E-state index is 12.6. The number of nitrogens with zero attached hydrogens (tertiary/aromatic N) is 2. The molecule has 1 aromatic rings. The average Bonchev–Trinajstić information content (AvgIpc) is 2.94. The van der Waals surface area contributed by atoms with Crippen LogP contribution in [0.25, 0.3) is 0 Å². The van der Waals surface area contributed by atoms with Gasteiger partial charge in [-0.1, -0.05) is 11.3 Å². The maximum Gasteiger partial charge on any atom is 0.305 e. The van der Waals surface area contributed by atoms with Gasteiger partial charge in [0.05, 0.1) is 0 Å². The molecule has 1 N–H and O–H groups in total. The van der Waals surface area contributed by atoms with Crippen molar-refractivity contribution in [2.24, 2.45) is 0 Å². The van der Waals surface area contributed by atoms with E-state index < -0.39 is 10.0 Å². The van der Waals surface area contributed by atoms with Gasteiger partial charge in [0, 0.05) is 31.4 Å². The van der Waals surface area contributed by atoms with Crippen LogP contribution in [0.15, 0.2) is 9.00 Å². The summed E-state index contributed by atoms with van der Waals surface area (Å²) in [6.45, 7) is 4.58. The van der Waals surface area contributed by atoms with Crippen LogP contribution in [0.1, 0.15) is 18.5 Å². The first-order chi connectivity index (χ1) is 8.98. The Labute approximate surface area is 116 Å². The third-order valence-electron chi connectivity index (χ3n) is 3.91. The van der Waals surface area contributed by atoms with Crippen molar-refractivity contribution in [1.29, 1.82) is 0 Å². The molecule has 1 unspecified atom stereocenters. The van der Waals surface area contributed by atoms with Crippen LogP contribution in [0.3, 0.4) is 0 Å². The molecule has 6 nitrogen and oxygen atoms in total. The first kappa shape index (κ1) is 13.3. The predicted octanol–water partition coefficient (Wildman–Crippen LogP) is 0.214. The third-order valence-corrected chi connectivity index (χ3v) is 7.35. The Balaban J connectivity index is 1.89. The number of thiazole rings is 1. The molecule has 0 bridgehead atoms. The molecular weight excluding hydrogens is 286 g/mol. The van der Waals surface area contributed by atoms with Gasteiger partial charge in [-0.05, 0) is 26.3 Å². The number of aromatic nitrogens is 1. The summed E-state index contributed by atoms with van der Waals surface area (Å²) < 4.78 is 26.8. The Hall–Kier alpha value is -0.700. The lowest BCUT2D eigenvalue weighted by atomic mass is 10.2. The monoisotopic (exact) mass is 303 g/mol. The van der Waals surface area contributed by atoms with Crippen LogP contribution in [-0.2, 0) is 10.0 Å². The van der Waals surface area contributed by atoms with Gasteiger partial charge in [0.25, 0.3) is 10.0 Å². The summed E-state index contributed by atoms with van der Waals surface area (Å²) in [6, 6.07) is 0.347. The van der Waals surface area contributed by atoms with E-state index in [1.807, 2.05) is 0 Å². The fraction of sp³-hybridized carbons (Fsp3) is 0.727. The molecule has 3 rings (SSSR count). The first-order valence-corrected chi connectivity index (χ1v) is 8.68. The Bertz CT molecular complexity index is 634. The minimum Gasteiger partial charge on any atom is -0.315 e. The Kier molecular flexibility index (Phi) is 3.28. The molecule has 106 valence electrons. The zero-order valence-corrected chi connectivity index (χ0v) is 12.4. The molecule has 0 aromatic carbocycles. The molecular formula is C11H17N3O3S2. The van der Waals surface area contributed by atoms with Crippen LogP contribution >= 0.6 is 11.3 Å². The van der Waals surface area contributed by atoms with Crippen molar-refractivity contribution in [3.8, 4) is 0 Å². The van der Waals surface area contributed by atoms with E-state index in [-0.39, 0.29) is 9.08 Å². The number of aromatic amines is 1. The Morgan fingerprint density at radius 3 is 2.79 bits per heavy atom. The fourth-order valence-corrected chi connectivity index (χ4v) is 5.84. The van der Waals surface area contributed by atoms with Crippen molar-refractivity contribution in [3.63, 3.8) is 0 Å². The molecule has 1 aromatic heterocycles. The van der Waals surface area contributed by atoms with E-state index in [0.717, 1.165) is 37.3 Å². The zero-order chi connectivity index (χ0) is 13.6. The SMILES string of the molecule is Cc1[nH]c(=O)sc1S(=O)(=O)N1CCN2CCCC2C1. The lowest BCUT2D eigenvalue weighted by Crippen LogP contribution is -2.51. The minimum atomic E-state index is -3.52. The van der Waals surface area contributed by atoms with Crippen molar-refractivity contribution < 1.29 is 8.42 Å². The maximum atomic E-state index is 12.6. The molecule has 0 spiro atoms. The van der Waals surface area contributed by atoms with E-state index in [4.69, 9.17) is 0 Å². The van der Waals surface area contributed by atoms with Crippen LogP contribution in [0.2, 0.25) is 0 Å². The lowest BCUT2D eigenvalue weighted by molar-refractivity contribution is 0.158. The molecule has 0 saturated carbocycles. The number of nitrogens with one attached hydrogen (secondary N) is 1.